The maximum Gasteiger partial charge on any atom is 0.119 e. The van der Waals surface area contributed by atoms with Gasteiger partial charge in [0.05, 0.1) is 6.10 Å². The Morgan fingerprint density at radius 2 is 1.83 bits per heavy atom. The molecule has 1 aromatic carbocycles. The van der Waals surface area contributed by atoms with Crippen LogP contribution in [0.1, 0.15) is 25.8 Å². The Labute approximate surface area is 117 Å². The maximum absolute atomic E-state index is 5.63. The summed E-state index contributed by atoms with van der Waals surface area (Å²) < 4.78 is 5.63. The number of hydrogen-bond acceptors (Lipinski definition) is 3. The molecule has 0 amide bonds. The van der Waals surface area contributed by atoms with Crippen molar-refractivity contribution in [1.29, 1.82) is 0 Å². The highest BCUT2D eigenvalue weighted by atomic mass is 32.1. The third-order valence-electron chi connectivity index (χ3n) is 2.78. The molecule has 0 aromatic heterocycles. The molecule has 3 heteroatoms. The largest absolute Gasteiger partial charge is 0.491 e. The number of ether oxygens (including phenoxy) is 1. The molecule has 0 spiro atoms. The van der Waals surface area contributed by atoms with Crippen LogP contribution in [0.5, 0.6) is 5.75 Å². The van der Waals surface area contributed by atoms with Crippen molar-refractivity contribution in [3.63, 3.8) is 0 Å². The highest BCUT2D eigenvalue weighted by Crippen LogP contribution is 2.14. The van der Waals surface area contributed by atoms with Crippen molar-refractivity contribution < 1.29 is 4.74 Å². The molecule has 0 heterocycles. The van der Waals surface area contributed by atoms with Gasteiger partial charge in [-0.2, -0.15) is 12.6 Å². The summed E-state index contributed by atoms with van der Waals surface area (Å²) in [6, 6.07) is 8.43. The van der Waals surface area contributed by atoms with Gasteiger partial charge in [0.25, 0.3) is 0 Å². The van der Waals surface area contributed by atoms with E-state index in [0.29, 0.717) is 0 Å². The summed E-state index contributed by atoms with van der Waals surface area (Å²) in [6.45, 7) is 6.31. The first kappa shape index (κ1) is 15.4. The third kappa shape index (κ3) is 6.31. The zero-order valence-electron chi connectivity index (χ0n) is 11.7. The van der Waals surface area contributed by atoms with Crippen LogP contribution in [0.4, 0.5) is 0 Å². The van der Waals surface area contributed by atoms with Crippen LogP contribution in [0.25, 0.3) is 0 Å². The highest BCUT2D eigenvalue weighted by Gasteiger charge is 2.01. The minimum Gasteiger partial charge on any atom is -0.491 e. The first-order valence-corrected chi connectivity index (χ1v) is 7.30. The van der Waals surface area contributed by atoms with E-state index in [4.69, 9.17) is 4.74 Å². The predicted molar refractivity (Wildman–Crippen MR) is 81.9 cm³/mol. The van der Waals surface area contributed by atoms with E-state index in [1.807, 2.05) is 13.8 Å². The minimum absolute atomic E-state index is 0.239. The van der Waals surface area contributed by atoms with Gasteiger partial charge in [-0.05, 0) is 63.7 Å². The van der Waals surface area contributed by atoms with Crippen molar-refractivity contribution in [3.8, 4) is 5.75 Å². The van der Waals surface area contributed by atoms with Gasteiger partial charge in [-0.3, -0.25) is 0 Å². The fraction of sp³-hybridized carbons (Fsp3) is 0.600. The van der Waals surface area contributed by atoms with E-state index in [1.165, 1.54) is 5.56 Å². The Morgan fingerprint density at radius 3 is 2.39 bits per heavy atom. The normalized spacial score (nSPS) is 11.2. The fourth-order valence-corrected chi connectivity index (χ4v) is 1.92. The zero-order chi connectivity index (χ0) is 13.4. The summed E-state index contributed by atoms with van der Waals surface area (Å²) >= 11 is 4.23. The van der Waals surface area contributed by atoms with Gasteiger partial charge in [0.2, 0.25) is 0 Å². The van der Waals surface area contributed by atoms with Gasteiger partial charge in [0.15, 0.2) is 0 Å². The highest BCUT2D eigenvalue weighted by molar-refractivity contribution is 7.80. The molecular formula is C15H25NOS. The van der Waals surface area contributed by atoms with E-state index in [2.05, 4.69) is 48.8 Å². The van der Waals surface area contributed by atoms with Crippen molar-refractivity contribution in [2.24, 2.45) is 0 Å². The van der Waals surface area contributed by atoms with Gasteiger partial charge in [-0.25, -0.2) is 0 Å². The summed E-state index contributed by atoms with van der Waals surface area (Å²) in [5.74, 6) is 1.92. The van der Waals surface area contributed by atoms with Gasteiger partial charge in [0.1, 0.15) is 5.75 Å². The SMILES string of the molecule is CC(C)Oc1ccc(CCN(C)CCCS)cc1. The Hall–Kier alpha value is -0.670. The van der Waals surface area contributed by atoms with Crippen molar-refractivity contribution in [1.82, 2.24) is 4.90 Å². The molecule has 1 rings (SSSR count). The average molecular weight is 267 g/mol. The van der Waals surface area contributed by atoms with Crippen molar-refractivity contribution >= 4 is 12.6 Å². The smallest absolute Gasteiger partial charge is 0.119 e. The van der Waals surface area contributed by atoms with Crippen LogP contribution in [0.15, 0.2) is 24.3 Å². The van der Waals surface area contributed by atoms with E-state index in [-0.39, 0.29) is 6.10 Å². The van der Waals surface area contributed by atoms with Crippen LogP contribution < -0.4 is 4.74 Å². The predicted octanol–water partition coefficient (Wildman–Crippen LogP) is 3.27. The molecule has 1 aromatic rings. The molecule has 2 nitrogen and oxygen atoms in total. The van der Waals surface area contributed by atoms with Crippen LogP contribution in [0.2, 0.25) is 0 Å². The number of benzene rings is 1. The molecule has 0 atom stereocenters. The Bertz CT molecular complexity index is 324. The van der Waals surface area contributed by atoms with E-state index in [1.54, 1.807) is 0 Å². The molecule has 18 heavy (non-hydrogen) atoms. The van der Waals surface area contributed by atoms with Crippen molar-refractivity contribution in [2.75, 3.05) is 25.9 Å². The van der Waals surface area contributed by atoms with Crippen molar-refractivity contribution in [2.45, 2.75) is 32.8 Å². The second-order valence-corrected chi connectivity index (χ2v) is 5.39. The molecule has 0 fully saturated rings. The molecule has 0 N–H and O–H groups in total. The lowest BCUT2D eigenvalue weighted by Gasteiger charge is -2.16. The van der Waals surface area contributed by atoms with Crippen molar-refractivity contribution in [3.05, 3.63) is 29.8 Å². The topological polar surface area (TPSA) is 12.5 Å². The average Bonchev–Trinajstić information content (AvgIpc) is 2.35. The molecule has 0 aliphatic carbocycles. The first-order chi connectivity index (χ1) is 8.61. The number of hydrogen-bond donors (Lipinski definition) is 1. The molecule has 0 saturated carbocycles. The molecule has 0 aliphatic rings. The first-order valence-electron chi connectivity index (χ1n) is 6.67. The maximum atomic E-state index is 5.63. The standard InChI is InChI=1S/C15H25NOS/c1-13(2)17-15-7-5-14(6-8-15)9-11-16(3)10-4-12-18/h5-8,13,18H,4,9-12H2,1-3H3. The lowest BCUT2D eigenvalue weighted by atomic mass is 10.1. The number of nitrogens with zero attached hydrogens (tertiary/aromatic N) is 1. The molecule has 0 aliphatic heterocycles. The molecule has 0 radical (unpaired) electrons. The lowest BCUT2D eigenvalue weighted by Crippen LogP contribution is -2.22. The number of rotatable bonds is 8. The van der Waals surface area contributed by atoms with Crippen LogP contribution in [-0.2, 0) is 6.42 Å². The van der Waals surface area contributed by atoms with E-state index < -0.39 is 0 Å². The van der Waals surface area contributed by atoms with Gasteiger partial charge in [-0.1, -0.05) is 12.1 Å². The summed E-state index contributed by atoms with van der Waals surface area (Å²) in [5.41, 5.74) is 1.36. The van der Waals surface area contributed by atoms with Gasteiger partial charge < -0.3 is 9.64 Å². The molecule has 0 unspecified atom stereocenters. The minimum atomic E-state index is 0.239. The third-order valence-corrected chi connectivity index (χ3v) is 3.09. The van der Waals surface area contributed by atoms with Gasteiger partial charge >= 0.3 is 0 Å². The van der Waals surface area contributed by atoms with E-state index in [0.717, 1.165) is 37.4 Å². The monoisotopic (exact) mass is 267 g/mol. The van der Waals surface area contributed by atoms with Crippen LogP contribution >= 0.6 is 12.6 Å². The summed E-state index contributed by atoms with van der Waals surface area (Å²) in [5, 5.41) is 0. The summed E-state index contributed by atoms with van der Waals surface area (Å²) in [6.07, 6.45) is 2.48. The van der Waals surface area contributed by atoms with Gasteiger partial charge in [-0.15, -0.1) is 0 Å². The van der Waals surface area contributed by atoms with E-state index >= 15 is 0 Å². The second kappa shape index (κ2) is 8.44. The van der Waals surface area contributed by atoms with Gasteiger partial charge in [0, 0.05) is 6.54 Å². The Balaban J connectivity index is 2.34. The second-order valence-electron chi connectivity index (χ2n) is 4.94. The van der Waals surface area contributed by atoms with Crippen LogP contribution in [-0.4, -0.2) is 36.9 Å². The fourth-order valence-electron chi connectivity index (χ4n) is 1.78. The Morgan fingerprint density at radius 1 is 1.17 bits per heavy atom. The lowest BCUT2D eigenvalue weighted by molar-refractivity contribution is 0.242. The van der Waals surface area contributed by atoms with Crippen LogP contribution in [0.3, 0.4) is 0 Å². The molecule has 102 valence electrons. The summed E-state index contributed by atoms with van der Waals surface area (Å²) in [7, 11) is 2.17. The Kier molecular flexibility index (Phi) is 7.21. The molecular weight excluding hydrogens is 242 g/mol. The zero-order valence-corrected chi connectivity index (χ0v) is 12.6. The van der Waals surface area contributed by atoms with E-state index in [9.17, 15) is 0 Å². The number of thiol groups is 1. The molecule has 0 saturated heterocycles. The van der Waals surface area contributed by atoms with Crippen LogP contribution in [0, 0.1) is 0 Å². The quantitative estimate of drug-likeness (QED) is 0.726. The number of likely N-dealkylation sites (N-methyl/N-ethyl adjacent to an activating group) is 1. The summed E-state index contributed by atoms with van der Waals surface area (Å²) in [4.78, 5) is 2.36. The molecule has 0 bridgehead atoms.